The van der Waals surface area contributed by atoms with Crippen LogP contribution >= 0.6 is 15.9 Å². The van der Waals surface area contributed by atoms with Gasteiger partial charge in [-0.3, -0.25) is 9.69 Å². The van der Waals surface area contributed by atoms with Gasteiger partial charge < -0.3 is 10.2 Å². The molecule has 1 saturated heterocycles. The summed E-state index contributed by atoms with van der Waals surface area (Å²) in [6, 6.07) is 16.1. The predicted octanol–water partition coefficient (Wildman–Crippen LogP) is 3.52. The number of rotatable bonds is 4. The van der Waals surface area contributed by atoms with E-state index < -0.39 is 0 Å². The first-order chi connectivity index (χ1) is 11.6. The van der Waals surface area contributed by atoms with Gasteiger partial charge in [0.2, 0.25) is 5.91 Å². The Labute approximate surface area is 151 Å². The molecular weight excluding hydrogens is 366 g/mol. The fraction of sp³-hybridized carbons (Fsp3) is 0.316. The molecule has 1 aliphatic rings. The predicted molar refractivity (Wildman–Crippen MR) is 103 cm³/mol. The molecular formula is C19H22BrN3O. The van der Waals surface area contributed by atoms with E-state index in [1.165, 1.54) is 11.3 Å². The minimum Gasteiger partial charge on any atom is -0.369 e. The Morgan fingerprint density at radius 2 is 1.83 bits per heavy atom. The number of benzene rings is 2. The second kappa shape index (κ2) is 7.81. The highest BCUT2D eigenvalue weighted by molar-refractivity contribution is 9.10. The summed E-state index contributed by atoms with van der Waals surface area (Å²) < 4.78 is 0.965. The lowest BCUT2D eigenvalue weighted by molar-refractivity contribution is -0.117. The van der Waals surface area contributed by atoms with Gasteiger partial charge in [-0.1, -0.05) is 40.2 Å². The van der Waals surface area contributed by atoms with Crippen molar-refractivity contribution < 1.29 is 4.79 Å². The summed E-state index contributed by atoms with van der Waals surface area (Å²) in [5.41, 5.74) is 3.43. The topological polar surface area (TPSA) is 35.6 Å². The maximum atomic E-state index is 12.2. The van der Waals surface area contributed by atoms with E-state index in [0.717, 1.165) is 36.3 Å². The van der Waals surface area contributed by atoms with E-state index in [2.05, 4.69) is 62.2 Å². The third-order valence-corrected chi connectivity index (χ3v) is 4.80. The number of nitrogens with one attached hydrogen (secondary N) is 1. The van der Waals surface area contributed by atoms with Crippen LogP contribution in [0.1, 0.15) is 5.56 Å². The summed E-state index contributed by atoms with van der Waals surface area (Å²) >= 11 is 3.42. The van der Waals surface area contributed by atoms with Gasteiger partial charge in [0.15, 0.2) is 0 Å². The lowest BCUT2D eigenvalue weighted by Gasteiger charge is -2.36. The average molecular weight is 388 g/mol. The van der Waals surface area contributed by atoms with Crippen LogP contribution in [-0.2, 0) is 4.79 Å². The van der Waals surface area contributed by atoms with Gasteiger partial charge in [0, 0.05) is 42.0 Å². The van der Waals surface area contributed by atoms with E-state index in [1.54, 1.807) is 0 Å². The number of anilines is 2. The molecule has 0 atom stereocenters. The minimum absolute atomic E-state index is 0.0393. The molecule has 1 heterocycles. The number of hydrogen-bond donors (Lipinski definition) is 1. The van der Waals surface area contributed by atoms with E-state index in [4.69, 9.17) is 0 Å². The molecule has 24 heavy (non-hydrogen) atoms. The Morgan fingerprint density at radius 1 is 1.08 bits per heavy atom. The second-order valence-corrected chi connectivity index (χ2v) is 7.02. The average Bonchev–Trinajstić information content (AvgIpc) is 2.56. The number of piperazine rings is 1. The Balaban J connectivity index is 1.50. The van der Waals surface area contributed by atoms with Gasteiger partial charge >= 0.3 is 0 Å². The number of hydrogen-bond acceptors (Lipinski definition) is 3. The highest BCUT2D eigenvalue weighted by atomic mass is 79.9. The standard InChI is InChI=1S/C19H22BrN3O/c1-15-5-2-3-8-18(15)23-11-9-22(10-12-23)14-19(24)21-17-7-4-6-16(20)13-17/h2-8,13H,9-12,14H2,1H3,(H,21,24). The van der Waals surface area contributed by atoms with Gasteiger partial charge in [-0.2, -0.15) is 0 Å². The van der Waals surface area contributed by atoms with Crippen LogP contribution in [0.2, 0.25) is 0 Å². The van der Waals surface area contributed by atoms with Crippen molar-refractivity contribution in [2.75, 3.05) is 42.9 Å². The van der Waals surface area contributed by atoms with E-state index in [9.17, 15) is 4.79 Å². The summed E-state index contributed by atoms with van der Waals surface area (Å²) in [5.74, 6) is 0.0393. The van der Waals surface area contributed by atoms with E-state index in [-0.39, 0.29) is 5.91 Å². The summed E-state index contributed by atoms with van der Waals surface area (Å²) in [6.45, 7) is 6.30. The molecule has 2 aromatic carbocycles. The minimum atomic E-state index is 0.0393. The van der Waals surface area contributed by atoms with Crippen molar-refractivity contribution in [3.05, 3.63) is 58.6 Å². The molecule has 1 fully saturated rings. The normalized spacial score (nSPS) is 15.3. The van der Waals surface area contributed by atoms with Crippen molar-refractivity contribution in [3.8, 4) is 0 Å². The number of aryl methyl sites for hydroxylation is 1. The summed E-state index contributed by atoms with van der Waals surface area (Å²) in [4.78, 5) is 16.8. The van der Waals surface area contributed by atoms with Crippen LogP contribution in [0.5, 0.6) is 0 Å². The van der Waals surface area contributed by atoms with Gasteiger partial charge in [0.05, 0.1) is 6.54 Å². The monoisotopic (exact) mass is 387 g/mol. The number of halogens is 1. The third-order valence-electron chi connectivity index (χ3n) is 4.30. The lowest BCUT2D eigenvalue weighted by atomic mass is 10.1. The summed E-state index contributed by atoms with van der Waals surface area (Å²) in [5, 5.41) is 2.96. The molecule has 1 N–H and O–H groups in total. The molecule has 126 valence electrons. The summed E-state index contributed by atoms with van der Waals surface area (Å²) in [6.07, 6.45) is 0. The first-order valence-electron chi connectivity index (χ1n) is 8.20. The molecule has 0 spiro atoms. The van der Waals surface area contributed by atoms with Crippen molar-refractivity contribution in [1.82, 2.24) is 4.90 Å². The van der Waals surface area contributed by atoms with Crippen LogP contribution in [0.15, 0.2) is 53.0 Å². The Kier molecular flexibility index (Phi) is 5.53. The quantitative estimate of drug-likeness (QED) is 0.871. The molecule has 4 nitrogen and oxygen atoms in total. The molecule has 3 rings (SSSR count). The number of amides is 1. The van der Waals surface area contributed by atoms with Crippen molar-refractivity contribution in [2.45, 2.75) is 6.92 Å². The molecule has 5 heteroatoms. The van der Waals surface area contributed by atoms with Crippen molar-refractivity contribution >= 4 is 33.2 Å². The number of carbonyl (C=O) groups excluding carboxylic acids is 1. The molecule has 0 bridgehead atoms. The third kappa shape index (κ3) is 4.36. The maximum Gasteiger partial charge on any atom is 0.238 e. The molecule has 0 aromatic heterocycles. The first-order valence-corrected chi connectivity index (χ1v) is 8.99. The fourth-order valence-corrected chi connectivity index (χ4v) is 3.43. The molecule has 0 saturated carbocycles. The first kappa shape index (κ1) is 17.0. The molecule has 0 radical (unpaired) electrons. The Bertz CT molecular complexity index is 711. The summed E-state index contributed by atoms with van der Waals surface area (Å²) in [7, 11) is 0. The SMILES string of the molecule is Cc1ccccc1N1CCN(CC(=O)Nc2cccc(Br)c2)CC1. The van der Waals surface area contributed by atoms with Crippen LogP contribution in [0.25, 0.3) is 0 Å². The van der Waals surface area contributed by atoms with Crippen LogP contribution in [0, 0.1) is 6.92 Å². The lowest BCUT2D eigenvalue weighted by Crippen LogP contribution is -2.48. The van der Waals surface area contributed by atoms with Crippen molar-refractivity contribution in [3.63, 3.8) is 0 Å². The van der Waals surface area contributed by atoms with Crippen LogP contribution < -0.4 is 10.2 Å². The highest BCUT2D eigenvalue weighted by Crippen LogP contribution is 2.21. The number of carbonyl (C=O) groups is 1. The van der Waals surface area contributed by atoms with E-state index >= 15 is 0 Å². The Morgan fingerprint density at radius 3 is 2.54 bits per heavy atom. The molecule has 1 aliphatic heterocycles. The van der Waals surface area contributed by atoms with Gasteiger partial charge in [0.25, 0.3) is 0 Å². The molecule has 2 aromatic rings. The van der Waals surface area contributed by atoms with Gasteiger partial charge in [-0.25, -0.2) is 0 Å². The zero-order chi connectivity index (χ0) is 16.9. The Hall–Kier alpha value is -1.85. The van der Waals surface area contributed by atoms with Gasteiger partial charge in [-0.05, 0) is 36.8 Å². The van der Waals surface area contributed by atoms with Gasteiger partial charge in [0.1, 0.15) is 0 Å². The zero-order valence-electron chi connectivity index (χ0n) is 13.8. The second-order valence-electron chi connectivity index (χ2n) is 6.11. The fourth-order valence-electron chi connectivity index (χ4n) is 3.03. The van der Waals surface area contributed by atoms with E-state index in [0.29, 0.717) is 6.54 Å². The molecule has 1 amide bonds. The van der Waals surface area contributed by atoms with E-state index in [1.807, 2.05) is 24.3 Å². The number of para-hydroxylation sites is 1. The molecule has 0 unspecified atom stereocenters. The van der Waals surface area contributed by atoms with Crippen molar-refractivity contribution in [2.24, 2.45) is 0 Å². The van der Waals surface area contributed by atoms with Crippen LogP contribution in [0.3, 0.4) is 0 Å². The maximum absolute atomic E-state index is 12.2. The smallest absolute Gasteiger partial charge is 0.238 e. The number of nitrogens with zero attached hydrogens (tertiary/aromatic N) is 2. The highest BCUT2D eigenvalue weighted by Gasteiger charge is 2.20. The van der Waals surface area contributed by atoms with Crippen LogP contribution in [0.4, 0.5) is 11.4 Å². The zero-order valence-corrected chi connectivity index (χ0v) is 15.4. The largest absolute Gasteiger partial charge is 0.369 e. The molecule has 0 aliphatic carbocycles. The van der Waals surface area contributed by atoms with Gasteiger partial charge in [-0.15, -0.1) is 0 Å². The van der Waals surface area contributed by atoms with Crippen LogP contribution in [-0.4, -0.2) is 43.5 Å². The van der Waals surface area contributed by atoms with Crippen molar-refractivity contribution in [1.29, 1.82) is 0 Å².